The Hall–Kier alpha value is -1.35. The summed E-state index contributed by atoms with van der Waals surface area (Å²) >= 11 is 1.70. The van der Waals surface area contributed by atoms with E-state index in [0.717, 1.165) is 23.2 Å². The largest absolute Gasteiger partial charge is 0.385 e. The van der Waals surface area contributed by atoms with E-state index in [4.69, 9.17) is 0 Å². The van der Waals surface area contributed by atoms with Gasteiger partial charge in [0.2, 0.25) is 0 Å². The zero-order valence-corrected chi connectivity index (χ0v) is 12.2. The second-order valence-corrected chi connectivity index (χ2v) is 6.42. The van der Waals surface area contributed by atoms with Gasteiger partial charge in [-0.05, 0) is 37.8 Å². The molecule has 1 aliphatic carbocycles. The lowest BCUT2D eigenvalue weighted by Gasteiger charge is -2.11. The number of hydrogen-bond acceptors (Lipinski definition) is 3. The first-order valence-electron chi connectivity index (χ1n) is 7.08. The fourth-order valence-electron chi connectivity index (χ4n) is 2.73. The van der Waals surface area contributed by atoms with Gasteiger partial charge in [-0.3, -0.25) is 0 Å². The van der Waals surface area contributed by atoms with Crippen LogP contribution < -0.4 is 5.32 Å². The van der Waals surface area contributed by atoms with Gasteiger partial charge in [-0.2, -0.15) is 0 Å². The molecule has 1 heterocycles. The molecule has 0 aliphatic heterocycles. The lowest BCUT2D eigenvalue weighted by Crippen LogP contribution is -2.10. The van der Waals surface area contributed by atoms with Crippen LogP contribution in [0.25, 0.3) is 11.3 Å². The highest BCUT2D eigenvalue weighted by Gasteiger charge is 2.14. The molecule has 0 unspecified atom stereocenters. The molecular formula is C16H20N2S. The molecule has 0 spiro atoms. The van der Waals surface area contributed by atoms with Gasteiger partial charge in [-0.15, -0.1) is 11.3 Å². The first kappa shape index (κ1) is 12.7. The highest BCUT2D eigenvalue weighted by Crippen LogP contribution is 2.26. The number of rotatable bonds is 4. The van der Waals surface area contributed by atoms with Crippen molar-refractivity contribution in [2.45, 2.75) is 32.6 Å². The van der Waals surface area contributed by atoms with E-state index in [0.29, 0.717) is 0 Å². The van der Waals surface area contributed by atoms with Crippen molar-refractivity contribution in [1.82, 2.24) is 4.98 Å². The van der Waals surface area contributed by atoms with Gasteiger partial charge in [0.05, 0.1) is 10.7 Å². The Morgan fingerprint density at radius 1 is 1.21 bits per heavy atom. The lowest BCUT2D eigenvalue weighted by atomic mass is 10.1. The number of thiazole rings is 1. The summed E-state index contributed by atoms with van der Waals surface area (Å²) in [6, 6.07) is 8.65. The van der Waals surface area contributed by atoms with E-state index in [1.54, 1.807) is 11.3 Å². The first-order chi connectivity index (χ1) is 9.31. The molecule has 1 aromatic carbocycles. The zero-order valence-electron chi connectivity index (χ0n) is 11.4. The van der Waals surface area contributed by atoms with Gasteiger partial charge in [-0.1, -0.05) is 25.0 Å². The maximum absolute atomic E-state index is 4.52. The minimum atomic E-state index is 0.876. The van der Waals surface area contributed by atoms with E-state index < -0.39 is 0 Å². The van der Waals surface area contributed by atoms with Gasteiger partial charge in [0.25, 0.3) is 0 Å². The van der Waals surface area contributed by atoms with Gasteiger partial charge in [0.1, 0.15) is 0 Å². The van der Waals surface area contributed by atoms with Crippen LogP contribution in [0, 0.1) is 12.8 Å². The molecule has 0 saturated heterocycles. The van der Waals surface area contributed by atoms with Crippen LogP contribution in [0.15, 0.2) is 29.6 Å². The molecule has 1 fully saturated rings. The summed E-state index contributed by atoms with van der Waals surface area (Å²) < 4.78 is 0. The fraction of sp³-hybridized carbons (Fsp3) is 0.438. The summed E-state index contributed by atoms with van der Waals surface area (Å²) in [5.74, 6) is 0.876. The van der Waals surface area contributed by atoms with Gasteiger partial charge in [0.15, 0.2) is 0 Å². The summed E-state index contributed by atoms with van der Waals surface area (Å²) in [4.78, 5) is 4.52. The molecule has 1 N–H and O–H groups in total. The second kappa shape index (κ2) is 5.74. The molecule has 19 heavy (non-hydrogen) atoms. The van der Waals surface area contributed by atoms with Crippen LogP contribution in [0.5, 0.6) is 0 Å². The van der Waals surface area contributed by atoms with Crippen molar-refractivity contribution < 1.29 is 0 Å². The molecular weight excluding hydrogens is 252 g/mol. The zero-order chi connectivity index (χ0) is 13.1. The smallest absolute Gasteiger partial charge is 0.0901 e. The standard InChI is InChI=1S/C16H20N2S/c1-12-18-16(11-19-12)14-6-8-15(9-7-14)17-10-13-4-2-3-5-13/h6-9,11,13,17H,2-5,10H2,1H3. The van der Waals surface area contributed by atoms with Crippen LogP contribution in [0.4, 0.5) is 5.69 Å². The Morgan fingerprint density at radius 3 is 2.58 bits per heavy atom. The minimum Gasteiger partial charge on any atom is -0.385 e. The van der Waals surface area contributed by atoms with Gasteiger partial charge in [0, 0.05) is 23.2 Å². The highest BCUT2D eigenvalue weighted by atomic mass is 32.1. The Labute approximate surface area is 118 Å². The van der Waals surface area contributed by atoms with Crippen molar-refractivity contribution in [3.05, 3.63) is 34.7 Å². The first-order valence-corrected chi connectivity index (χ1v) is 7.96. The van der Waals surface area contributed by atoms with Crippen LogP contribution in [0.3, 0.4) is 0 Å². The Kier molecular flexibility index (Phi) is 3.83. The van der Waals surface area contributed by atoms with Gasteiger partial charge < -0.3 is 5.32 Å². The molecule has 0 bridgehead atoms. The molecule has 1 saturated carbocycles. The molecule has 1 aromatic heterocycles. The van der Waals surface area contributed by atoms with Crippen LogP contribution >= 0.6 is 11.3 Å². The van der Waals surface area contributed by atoms with E-state index in [-0.39, 0.29) is 0 Å². The average Bonchev–Trinajstić information content (AvgIpc) is 3.08. The topological polar surface area (TPSA) is 24.9 Å². The summed E-state index contributed by atoms with van der Waals surface area (Å²) in [6.45, 7) is 3.17. The normalized spacial score (nSPS) is 15.8. The van der Waals surface area contributed by atoms with E-state index >= 15 is 0 Å². The van der Waals surface area contributed by atoms with E-state index in [1.807, 2.05) is 6.92 Å². The lowest BCUT2D eigenvalue weighted by molar-refractivity contribution is 0.580. The van der Waals surface area contributed by atoms with Gasteiger partial charge >= 0.3 is 0 Å². The Bertz CT molecular complexity index is 524. The molecule has 0 radical (unpaired) electrons. The van der Waals surface area contributed by atoms with Crippen LogP contribution in [0.2, 0.25) is 0 Å². The SMILES string of the molecule is Cc1nc(-c2ccc(NCC3CCCC3)cc2)cs1. The van der Waals surface area contributed by atoms with Crippen molar-refractivity contribution in [2.75, 3.05) is 11.9 Å². The number of benzene rings is 1. The summed E-state index contributed by atoms with van der Waals surface area (Å²) in [5, 5.41) is 6.80. The van der Waals surface area contributed by atoms with Crippen molar-refractivity contribution in [1.29, 1.82) is 0 Å². The number of nitrogens with zero attached hydrogens (tertiary/aromatic N) is 1. The summed E-state index contributed by atoms with van der Waals surface area (Å²) in [5.41, 5.74) is 3.52. The van der Waals surface area contributed by atoms with E-state index in [1.165, 1.54) is 36.9 Å². The quantitative estimate of drug-likeness (QED) is 0.871. The van der Waals surface area contributed by atoms with Crippen LogP contribution in [0.1, 0.15) is 30.7 Å². The third-order valence-corrected chi connectivity index (χ3v) is 4.64. The van der Waals surface area contributed by atoms with Crippen molar-refractivity contribution in [3.8, 4) is 11.3 Å². The molecule has 3 heteroatoms. The van der Waals surface area contributed by atoms with Crippen molar-refractivity contribution in [3.63, 3.8) is 0 Å². The predicted octanol–water partition coefficient (Wildman–Crippen LogP) is 4.72. The molecule has 0 atom stereocenters. The van der Waals surface area contributed by atoms with E-state index in [2.05, 4.69) is 39.9 Å². The number of aromatic nitrogens is 1. The second-order valence-electron chi connectivity index (χ2n) is 5.36. The number of aryl methyl sites for hydroxylation is 1. The molecule has 1 aliphatic rings. The summed E-state index contributed by atoms with van der Waals surface area (Å²) in [6.07, 6.45) is 5.61. The molecule has 100 valence electrons. The number of anilines is 1. The molecule has 2 aromatic rings. The van der Waals surface area contributed by atoms with Gasteiger partial charge in [-0.25, -0.2) is 4.98 Å². The monoisotopic (exact) mass is 272 g/mol. The fourth-order valence-corrected chi connectivity index (χ4v) is 3.35. The molecule has 2 nitrogen and oxygen atoms in total. The summed E-state index contributed by atoms with van der Waals surface area (Å²) in [7, 11) is 0. The van der Waals surface area contributed by atoms with Crippen LogP contribution in [-0.4, -0.2) is 11.5 Å². The Morgan fingerprint density at radius 2 is 1.95 bits per heavy atom. The maximum Gasteiger partial charge on any atom is 0.0901 e. The Balaban J connectivity index is 1.62. The van der Waals surface area contributed by atoms with E-state index in [9.17, 15) is 0 Å². The predicted molar refractivity (Wildman–Crippen MR) is 82.7 cm³/mol. The maximum atomic E-state index is 4.52. The number of hydrogen-bond donors (Lipinski definition) is 1. The third kappa shape index (κ3) is 3.16. The molecule has 0 amide bonds. The van der Waals surface area contributed by atoms with Crippen molar-refractivity contribution in [2.24, 2.45) is 5.92 Å². The highest BCUT2D eigenvalue weighted by molar-refractivity contribution is 7.09. The minimum absolute atomic E-state index is 0.876. The molecule has 3 rings (SSSR count). The van der Waals surface area contributed by atoms with Crippen LogP contribution in [-0.2, 0) is 0 Å². The van der Waals surface area contributed by atoms with Crippen molar-refractivity contribution >= 4 is 17.0 Å². The average molecular weight is 272 g/mol. The number of nitrogens with one attached hydrogen (secondary N) is 1. The third-order valence-electron chi connectivity index (χ3n) is 3.87.